The molecule has 1 aliphatic carbocycles. The highest BCUT2D eigenvalue weighted by atomic mass is 32.2. The lowest BCUT2D eigenvalue weighted by molar-refractivity contribution is -0.0510. The van der Waals surface area contributed by atoms with Crippen LogP contribution in [0.4, 0.5) is 13.2 Å². The summed E-state index contributed by atoms with van der Waals surface area (Å²) in [7, 11) is -5.84. The smallest absolute Gasteiger partial charge is 0.361 e. The fourth-order valence-corrected chi connectivity index (χ4v) is 0.703. The molecule has 0 amide bonds. The highest BCUT2D eigenvalue weighted by Gasteiger charge is 2.44. The number of hydrogen-bond donors (Lipinski definition) is 1. The van der Waals surface area contributed by atoms with Crippen molar-refractivity contribution in [2.24, 2.45) is 0 Å². The van der Waals surface area contributed by atoms with E-state index in [4.69, 9.17) is 18.5 Å². The van der Waals surface area contributed by atoms with Crippen molar-refractivity contribution in [2.75, 3.05) is 0 Å². The van der Waals surface area contributed by atoms with Gasteiger partial charge in [-0.05, 0) is 6.92 Å². The van der Waals surface area contributed by atoms with Gasteiger partial charge in [-0.1, -0.05) is 17.7 Å². The minimum Gasteiger partial charge on any atom is -0.361 e. The van der Waals surface area contributed by atoms with Crippen molar-refractivity contribution in [3.05, 3.63) is 29.3 Å². The lowest BCUT2D eigenvalue weighted by Crippen LogP contribution is -2.21. The molecule has 0 aromatic carbocycles. The lowest BCUT2D eigenvalue weighted by Gasteiger charge is -1.97. The van der Waals surface area contributed by atoms with Crippen molar-refractivity contribution in [3.63, 3.8) is 0 Å². The van der Waals surface area contributed by atoms with Gasteiger partial charge in [0.2, 0.25) is 0 Å². The van der Waals surface area contributed by atoms with Crippen LogP contribution in [-0.4, -0.2) is 29.0 Å². The summed E-state index contributed by atoms with van der Waals surface area (Å²) >= 11 is 0. The van der Waals surface area contributed by atoms with E-state index in [9.17, 15) is 13.2 Å². The van der Waals surface area contributed by atoms with E-state index >= 15 is 0 Å². The number of alkyl halides is 3. The molecular formula is C8H9F3N2O3S. The van der Waals surface area contributed by atoms with Gasteiger partial charge in [-0.3, -0.25) is 4.55 Å². The molecule has 17 heavy (non-hydrogen) atoms. The van der Waals surface area contributed by atoms with E-state index in [0.717, 1.165) is 12.1 Å². The normalized spacial score (nSPS) is 15.6. The highest BCUT2D eigenvalue weighted by Crippen LogP contribution is 2.20. The summed E-state index contributed by atoms with van der Waals surface area (Å²) in [6.45, 7) is 2.02. The molecule has 0 fully saturated rings. The molecule has 0 heterocycles. The fourth-order valence-electron chi connectivity index (χ4n) is 0.703. The van der Waals surface area contributed by atoms with Gasteiger partial charge in [0.25, 0.3) is 5.71 Å². The Balaban J connectivity index is 0.000000304. The third kappa shape index (κ3) is 6.00. The van der Waals surface area contributed by atoms with Crippen LogP contribution in [0.3, 0.4) is 0 Å². The fraction of sp³-hybridized carbons (Fsp3) is 0.375. The van der Waals surface area contributed by atoms with Crippen LogP contribution in [0, 0.1) is 0 Å². The molecule has 0 saturated heterocycles. The minimum absolute atomic E-state index is 0.723. The molecule has 0 radical (unpaired) electrons. The average Bonchev–Trinajstić information content (AvgIpc) is 2.17. The first-order chi connectivity index (χ1) is 7.58. The maximum atomic E-state index is 10.7. The molecular weight excluding hydrogens is 261 g/mol. The first-order valence-corrected chi connectivity index (χ1v) is 5.61. The number of rotatable bonds is 0. The minimum atomic E-state index is -5.84. The van der Waals surface area contributed by atoms with Crippen molar-refractivity contribution >= 4 is 15.8 Å². The second kappa shape index (κ2) is 5.76. The predicted octanol–water partition coefficient (Wildman–Crippen LogP) is 1.96. The second-order valence-corrected chi connectivity index (χ2v) is 4.41. The largest absolute Gasteiger partial charge is 0.522 e. The quantitative estimate of drug-likeness (QED) is 0.315. The van der Waals surface area contributed by atoms with Gasteiger partial charge in [0.05, 0.1) is 6.42 Å². The van der Waals surface area contributed by atoms with E-state index in [2.05, 4.69) is 4.79 Å². The Morgan fingerprint density at radius 3 is 2.12 bits per heavy atom. The van der Waals surface area contributed by atoms with Crippen molar-refractivity contribution in [1.29, 1.82) is 0 Å². The van der Waals surface area contributed by atoms with Gasteiger partial charge in [0.15, 0.2) is 0 Å². The third-order valence-electron chi connectivity index (χ3n) is 1.59. The maximum absolute atomic E-state index is 10.7. The van der Waals surface area contributed by atoms with Crippen LogP contribution >= 0.6 is 0 Å². The van der Waals surface area contributed by atoms with Gasteiger partial charge >= 0.3 is 15.6 Å². The van der Waals surface area contributed by atoms with Crippen LogP contribution < -0.4 is 0 Å². The van der Waals surface area contributed by atoms with Crippen molar-refractivity contribution in [2.45, 2.75) is 18.9 Å². The lowest BCUT2D eigenvalue weighted by atomic mass is 10.1. The molecule has 9 heteroatoms. The molecule has 0 spiro atoms. The van der Waals surface area contributed by atoms with E-state index in [1.54, 1.807) is 0 Å². The van der Waals surface area contributed by atoms with Crippen LogP contribution in [0.25, 0.3) is 5.53 Å². The summed E-state index contributed by atoms with van der Waals surface area (Å²) in [6.07, 6.45) is 6.52. The Labute approximate surface area is 95.6 Å². The first-order valence-electron chi connectivity index (χ1n) is 4.17. The Morgan fingerprint density at radius 1 is 1.41 bits per heavy atom. The van der Waals surface area contributed by atoms with Crippen molar-refractivity contribution < 1.29 is 30.9 Å². The zero-order chi connectivity index (χ0) is 13.7. The SMILES string of the molecule is CC1=CCC(=[N+]=[N-])C=C1.O=S(=O)(O)C(F)(F)F. The van der Waals surface area contributed by atoms with E-state index in [-0.39, 0.29) is 0 Å². The Kier molecular flexibility index (Phi) is 5.27. The van der Waals surface area contributed by atoms with E-state index in [1.807, 2.05) is 25.2 Å². The summed E-state index contributed by atoms with van der Waals surface area (Å²) in [4.78, 5) is 3.07. The summed E-state index contributed by atoms with van der Waals surface area (Å²) < 4.78 is 57.5. The first kappa shape index (κ1) is 15.6. The molecule has 1 aliphatic rings. The predicted molar refractivity (Wildman–Crippen MR) is 53.7 cm³/mol. The zero-order valence-electron chi connectivity index (χ0n) is 8.64. The monoisotopic (exact) mass is 270 g/mol. The van der Waals surface area contributed by atoms with Gasteiger partial charge in [-0.25, -0.2) is 0 Å². The average molecular weight is 270 g/mol. The van der Waals surface area contributed by atoms with Gasteiger partial charge in [-0.15, -0.1) is 0 Å². The number of nitrogens with zero attached hydrogens (tertiary/aromatic N) is 2. The summed E-state index contributed by atoms with van der Waals surface area (Å²) in [6, 6.07) is 0. The van der Waals surface area contributed by atoms with Crippen LogP contribution in [-0.2, 0) is 10.1 Å². The second-order valence-electron chi connectivity index (χ2n) is 3.00. The number of halogens is 3. The molecule has 0 unspecified atom stereocenters. The molecule has 0 atom stereocenters. The third-order valence-corrected chi connectivity index (χ3v) is 2.18. The van der Waals surface area contributed by atoms with Gasteiger partial charge in [0, 0.05) is 6.08 Å². The van der Waals surface area contributed by atoms with Crippen molar-refractivity contribution in [1.82, 2.24) is 0 Å². The highest BCUT2D eigenvalue weighted by molar-refractivity contribution is 7.86. The molecule has 0 bridgehead atoms. The molecule has 0 aromatic heterocycles. The topological polar surface area (TPSA) is 90.8 Å². The van der Waals surface area contributed by atoms with E-state index < -0.39 is 15.6 Å². The van der Waals surface area contributed by atoms with E-state index in [1.165, 1.54) is 5.57 Å². The molecule has 5 nitrogen and oxygen atoms in total. The molecule has 96 valence electrons. The Hall–Kier alpha value is -1.44. The number of allylic oxidation sites excluding steroid dienone is 4. The number of hydrogen-bond acceptors (Lipinski definition) is 2. The molecule has 0 aliphatic heterocycles. The summed E-state index contributed by atoms with van der Waals surface area (Å²) in [5, 5.41) is 0. The van der Waals surface area contributed by atoms with Gasteiger partial charge in [-0.2, -0.15) is 26.4 Å². The van der Waals surface area contributed by atoms with Crippen LogP contribution in [0.15, 0.2) is 23.8 Å². The van der Waals surface area contributed by atoms with Crippen LogP contribution in [0.2, 0.25) is 0 Å². The Bertz CT molecular complexity index is 485. The van der Waals surface area contributed by atoms with Crippen molar-refractivity contribution in [3.8, 4) is 0 Å². The molecule has 1 rings (SSSR count). The van der Waals surface area contributed by atoms with Crippen LogP contribution in [0.5, 0.6) is 0 Å². The van der Waals surface area contributed by atoms with Crippen LogP contribution in [0.1, 0.15) is 13.3 Å². The van der Waals surface area contributed by atoms with E-state index in [0.29, 0.717) is 0 Å². The molecule has 0 saturated carbocycles. The maximum Gasteiger partial charge on any atom is 0.522 e. The van der Waals surface area contributed by atoms with Gasteiger partial charge < -0.3 is 5.53 Å². The summed E-state index contributed by atoms with van der Waals surface area (Å²) in [5.74, 6) is 0. The molecule has 1 N–H and O–H groups in total. The Morgan fingerprint density at radius 2 is 1.88 bits per heavy atom. The standard InChI is InChI=1S/C7H8N2.CHF3O3S/c1-6-2-4-7(9-8)5-3-6;2-1(3,4)8(5,6)7/h2-4H,5H2,1H3;(H,5,6,7). The zero-order valence-corrected chi connectivity index (χ0v) is 9.46. The summed E-state index contributed by atoms with van der Waals surface area (Å²) in [5.41, 5.74) is 4.70. The molecule has 0 aromatic rings. The van der Waals surface area contributed by atoms with Gasteiger partial charge in [0.1, 0.15) is 0 Å².